The Balaban J connectivity index is 2.00. The van der Waals surface area contributed by atoms with Crippen LogP contribution in [0.15, 0.2) is 77.7 Å². The molecule has 0 saturated carbocycles. The van der Waals surface area contributed by atoms with Crippen molar-refractivity contribution in [1.82, 2.24) is 0 Å². The lowest BCUT2D eigenvalue weighted by Crippen LogP contribution is -2.38. The number of benzene rings is 3. The van der Waals surface area contributed by atoms with Crippen LogP contribution in [0.3, 0.4) is 0 Å². The zero-order valence-electron chi connectivity index (χ0n) is 17.8. The van der Waals surface area contributed by atoms with E-state index < -0.39 is 15.9 Å². The van der Waals surface area contributed by atoms with Crippen molar-refractivity contribution in [2.45, 2.75) is 25.2 Å². The van der Waals surface area contributed by atoms with Crippen LogP contribution < -0.4 is 14.4 Å². The number of methoxy groups -OCH3 is 1. The molecule has 31 heavy (non-hydrogen) atoms. The number of nitrogens with zero attached hydrogens (tertiary/aromatic N) is 1. The number of rotatable bonds is 8. The zero-order chi connectivity index (χ0) is 22.4. The third-order valence-corrected chi connectivity index (χ3v) is 6.69. The van der Waals surface area contributed by atoms with Gasteiger partial charge in [0.1, 0.15) is 12.3 Å². The Hall–Kier alpha value is -3.32. The van der Waals surface area contributed by atoms with E-state index in [0.29, 0.717) is 23.5 Å². The Kier molecular flexibility index (Phi) is 6.97. The first-order valence-electron chi connectivity index (χ1n) is 9.97. The third kappa shape index (κ3) is 5.06. The Morgan fingerprint density at radius 2 is 1.61 bits per heavy atom. The second kappa shape index (κ2) is 9.66. The quantitative estimate of drug-likeness (QED) is 0.566. The first kappa shape index (κ1) is 22.4. The molecule has 3 aromatic rings. The molecule has 162 valence electrons. The Bertz CT molecular complexity index is 1160. The molecule has 0 aliphatic carbocycles. The molecule has 0 saturated heterocycles. The number of para-hydroxylation sites is 3. The summed E-state index contributed by atoms with van der Waals surface area (Å²) in [6.45, 7) is 3.47. The van der Waals surface area contributed by atoms with Gasteiger partial charge in [0, 0.05) is 0 Å². The SMILES string of the molecule is CCc1ccccc1N(CC(=O)Nc1ccccc1OC)S(=O)(=O)c1ccc(C)cc1. The molecule has 0 aliphatic heterocycles. The predicted octanol–water partition coefficient (Wildman–Crippen LogP) is 4.40. The summed E-state index contributed by atoms with van der Waals surface area (Å²) in [4.78, 5) is 13.1. The number of sulfonamides is 1. The number of nitrogens with one attached hydrogen (secondary N) is 1. The van der Waals surface area contributed by atoms with Gasteiger partial charge in [0.25, 0.3) is 10.0 Å². The Labute approximate surface area is 183 Å². The second-order valence-corrected chi connectivity index (χ2v) is 8.92. The van der Waals surface area contributed by atoms with Crippen molar-refractivity contribution in [3.63, 3.8) is 0 Å². The molecule has 0 radical (unpaired) electrons. The van der Waals surface area contributed by atoms with Crippen LogP contribution in [0.1, 0.15) is 18.1 Å². The van der Waals surface area contributed by atoms with E-state index in [2.05, 4.69) is 5.32 Å². The van der Waals surface area contributed by atoms with Gasteiger partial charge in [0.05, 0.1) is 23.4 Å². The van der Waals surface area contributed by atoms with E-state index in [1.807, 2.05) is 26.0 Å². The van der Waals surface area contributed by atoms with Gasteiger partial charge >= 0.3 is 0 Å². The summed E-state index contributed by atoms with van der Waals surface area (Å²) in [6.07, 6.45) is 0.629. The summed E-state index contributed by atoms with van der Waals surface area (Å²) in [6, 6.07) is 20.8. The molecule has 3 aromatic carbocycles. The summed E-state index contributed by atoms with van der Waals surface area (Å²) in [5.41, 5.74) is 2.75. The van der Waals surface area contributed by atoms with E-state index in [4.69, 9.17) is 4.74 Å². The van der Waals surface area contributed by atoms with Crippen molar-refractivity contribution in [2.24, 2.45) is 0 Å². The molecule has 0 fully saturated rings. The fourth-order valence-electron chi connectivity index (χ4n) is 3.26. The van der Waals surface area contributed by atoms with Crippen LogP contribution in [0.25, 0.3) is 0 Å². The molecule has 0 atom stereocenters. The molecule has 0 aromatic heterocycles. The molecular formula is C24H26N2O4S. The van der Waals surface area contributed by atoms with E-state index in [-0.39, 0.29) is 11.4 Å². The highest BCUT2D eigenvalue weighted by Crippen LogP contribution is 2.28. The van der Waals surface area contributed by atoms with Crippen molar-refractivity contribution in [2.75, 3.05) is 23.3 Å². The summed E-state index contributed by atoms with van der Waals surface area (Å²) >= 11 is 0. The van der Waals surface area contributed by atoms with Crippen LogP contribution in [0.5, 0.6) is 5.75 Å². The fraction of sp³-hybridized carbons (Fsp3) is 0.208. The van der Waals surface area contributed by atoms with Gasteiger partial charge in [-0.15, -0.1) is 0 Å². The van der Waals surface area contributed by atoms with Gasteiger partial charge in [-0.1, -0.05) is 55.0 Å². The number of aryl methyl sites for hydroxylation is 2. The number of carbonyl (C=O) groups is 1. The minimum absolute atomic E-state index is 0.133. The minimum atomic E-state index is -3.97. The van der Waals surface area contributed by atoms with E-state index in [1.165, 1.54) is 11.4 Å². The van der Waals surface area contributed by atoms with E-state index in [9.17, 15) is 13.2 Å². The highest BCUT2D eigenvalue weighted by Gasteiger charge is 2.28. The molecule has 1 amide bonds. The molecule has 0 unspecified atom stereocenters. The van der Waals surface area contributed by atoms with Gasteiger partial charge in [-0.2, -0.15) is 0 Å². The molecular weight excluding hydrogens is 412 g/mol. The lowest BCUT2D eigenvalue weighted by Gasteiger charge is -2.26. The fourth-order valence-corrected chi connectivity index (χ4v) is 4.72. The smallest absolute Gasteiger partial charge is 0.264 e. The number of ether oxygens (including phenoxy) is 1. The van der Waals surface area contributed by atoms with Crippen LogP contribution in [-0.2, 0) is 21.2 Å². The van der Waals surface area contributed by atoms with Crippen molar-refractivity contribution >= 4 is 27.3 Å². The van der Waals surface area contributed by atoms with E-state index >= 15 is 0 Å². The number of carbonyl (C=O) groups excluding carboxylic acids is 1. The first-order valence-corrected chi connectivity index (χ1v) is 11.4. The highest BCUT2D eigenvalue weighted by molar-refractivity contribution is 7.92. The van der Waals surface area contributed by atoms with Gasteiger partial charge in [-0.3, -0.25) is 9.10 Å². The molecule has 0 bridgehead atoms. The van der Waals surface area contributed by atoms with Gasteiger partial charge in [-0.05, 0) is 49.2 Å². The Morgan fingerprint density at radius 3 is 2.29 bits per heavy atom. The monoisotopic (exact) mass is 438 g/mol. The average molecular weight is 439 g/mol. The van der Waals surface area contributed by atoms with Gasteiger partial charge < -0.3 is 10.1 Å². The van der Waals surface area contributed by atoms with Crippen LogP contribution >= 0.6 is 0 Å². The molecule has 1 N–H and O–H groups in total. The van der Waals surface area contributed by atoms with Gasteiger partial charge in [-0.25, -0.2) is 8.42 Å². The molecule has 6 nitrogen and oxygen atoms in total. The molecule has 3 rings (SSSR count). The zero-order valence-corrected chi connectivity index (χ0v) is 18.6. The van der Waals surface area contributed by atoms with Crippen molar-refractivity contribution < 1.29 is 17.9 Å². The average Bonchev–Trinajstić information content (AvgIpc) is 2.78. The minimum Gasteiger partial charge on any atom is -0.495 e. The van der Waals surface area contributed by atoms with Crippen molar-refractivity contribution in [1.29, 1.82) is 0 Å². The maximum atomic E-state index is 13.5. The number of hydrogen-bond acceptors (Lipinski definition) is 4. The van der Waals surface area contributed by atoms with Crippen molar-refractivity contribution in [3.8, 4) is 5.75 Å². The topological polar surface area (TPSA) is 75.7 Å². The third-order valence-electron chi connectivity index (χ3n) is 4.92. The summed E-state index contributed by atoms with van der Waals surface area (Å²) in [5, 5.41) is 2.76. The molecule has 0 heterocycles. The molecule has 0 spiro atoms. The van der Waals surface area contributed by atoms with Crippen LogP contribution in [0.2, 0.25) is 0 Å². The summed E-state index contributed by atoms with van der Waals surface area (Å²) in [5.74, 6) is 0.0313. The maximum absolute atomic E-state index is 13.5. The van der Waals surface area contributed by atoms with Crippen LogP contribution in [0, 0.1) is 6.92 Å². The largest absolute Gasteiger partial charge is 0.495 e. The number of anilines is 2. The standard InChI is InChI=1S/C24H26N2O4S/c1-4-19-9-5-7-11-22(19)26(31(28,29)20-15-13-18(2)14-16-20)17-24(27)25-21-10-6-8-12-23(21)30-3/h5-16H,4,17H2,1-3H3,(H,25,27). The Morgan fingerprint density at radius 1 is 0.968 bits per heavy atom. The van der Waals surface area contributed by atoms with E-state index in [0.717, 1.165) is 11.1 Å². The summed E-state index contributed by atoms with van der Waals surface area (Å²) in [7, 11) is -2.45. The second-order valence-electron chi connectivity index (χ2n) is 7.06. The van der Waals surface area contributed by atoms with E-state index in [1.54, 1.807) is 60.7 Å². The lowest BCUT2D eigenvalue weighted by molar-refractivity contribution is -0.114. The van der Waals surface area contributed by atoms with Crippen LogP contribution in [0.4, 0.5) is 11.4 Å². The highest BCUT2D eigenvalue weighted by atomic mass is 32.2. The van der Waals surface area contributed by atoms with Crippen LogP contribution in [-0.4, -0.2) is 28.0 Å². The lowest BCUT2D eigenvalue weighted by atomic mass is 10.1. The van der Waals surface area contributed by atoms with Gasteiger partial charge in [0.15, 0.2) is 0 Å². The molecule has 0 aliphatic rings. The predicted molar refractivity (Wildman–Crippen MR) is 123 cm³/mol. The molecule has 7 heteroatoms. The number of hydrogen-bond donors (Lipinski definition) is 1. The number of amides is 1. The maximum Gasteiger partial charge on any atom is 0.264 e. The first-order chi connectivity index (χ1) is 14.9. The normalized spacial score (nSPS) is 11.1. The van der Waals surface area contributed by atoms with Crippen molar-refractivity contribution in [3.05, 3.63) is 83.9 Å². The van der Waals surface area contributed by atoms with Gasteiger partial charge in [0.2, 0.25) is 5.91 Å². The summed E-state index contributed by atoms with van der Waals surface area (Å²) < 4.78 is 33.5.